The highest BCUT2D eigenvalue weighted by atomic mass is 19.1. The van der Waals surface area contributed by atoms with Crippen molar-refractivity contribution in [1.29, 1.82) is 0 Å². The Kier molecular flexibility index (Phi) is 8.03. The lowest BCUT2D eigenvalue weighted by molar-refractivity contribution is 0.373. The molecule has 34 heavy (non-hydrogen) atoms. The first-order chi connectivity index (χ1) is 16.4. The number of hydrogen-bond acceptors (Lipinski definition) is 8. The maximum Gasteiger partial charge on any atom is 0.233 e. The number of anilines is 5. The highest BCUT2D eigenvalue weighted by Gasteiger charge is 2.24. The summed E-state index contributed by atoms with van der Waals surface area (Å²) in [5, 5.41) is 13.7. The number of nitrogens with one attached hydrogen (secondary N) is 4. The van der Waals surface area contributed by atoms with E-state index in [9.17, 15) is 4.39 Å². The molecule has 1 aromatic carbocycles. The van der Waals surface area contributed by atoms with Crippen molar-refractivity contribution in [1.82, 2.24) is 20.3 Å². The number of rotatable bonds is 9. The number of aryl methyl sites for hydroxylation is 1. The molecule has 0 bridgehead atoms. The number of nitrogens with zero attached hydrogens (tertiary/aromatic N) is 3. The van der Waals surface area contributed by atoms with Gasteiger partial charge >= 0.3 is 0 Å². The summed E-state index contributed by atoms with van der Waals surface area (Å²) in [5.41, 5.74) is 7.75. The Morgan fingerprint density at radius 2 is 1.79 bits per heavy atom. The van der Waals surface area contributed by atoms with Crippen molar-refractivity contribution in [2.24, 2.45) is 5.92 Å². The zero-order chi connectivity index (χ0) is 24.1. The Hall–Kier alpha value is -2.68. The summed E-state index contributed by atoms with van der Waals surface area (Å²) < 4.78 is 14.6. The minimum Gasteiger partial charge on any atom is -0.396 e. The van der Waals surface area contributed by atoms with Crippen LogP contribution in [0.5, 0.6) is 0 Å². The third-order valence-electron chi connectivity index (χ3n) is 7.25. The fourth-order valence-corrected chi connectivity index (χ4v) is 5.06. The van der Waals surface area contributed by atoms with E-state index in [1.807, 2.05) is 6.07 Å². The summed E-state index contributed by atoms with van der Waals surface area (Å²) >= 11 is 0. The molecule has 2 aromatic rings. The number of benzene rings is 1. The molecular weight excluding hydrogens is 431 g/mol. The van der Waals surface area contributed by atoms with Crippen molar-refractivity contribution < 1.29 is 4.39 Å². The predicted molar refractivity (Wildman–Crippen MR) is 137 cm³/mol. The van der Waals surface area contributed by atoms with Crippen LogP contribution in [0.1, 0.15) is 69.4 Å². The summed E-state index contributed by atoms with van der Waals surface area (Å²) in [6.45, 7) is 7.56. The number of nitrogen functional groups attached to an aromatic ring is 1. The van der Waals surface area contributed by atoms with Crippen LogP contribution in [0.2, 0.25) is 0 Å². The maximum atomic E-state index is 14.6. The van der Waals surface area contributed by atoms with E-state index in [0.717, 1.165) is 25.9 Å². The average molecular weight is 471 g/mol. The van der Waals surface area contributed by atoms with Crippen LogP contribution in [0.15, 0.2) is 6.07 Å². The van der Waals surface area contributed by atoms with Gasteiger partial charge in [-0.25, -0.2) is 4.39 Å². The third kappa shape index (κ3) is 5.87. The first-order valence-electron chi connectivity index (χ1n) is 12.8. The minimum atomic E-state index is -0.413. The van der Waals surface area contributed by atoms with Gasteiger partial charge in [0.15, 0.2) is 5.82 Å². The van der Waals surface area contributed by atoms with E-state index in [1.54, 1.807) is 13.8 Å². The molecule has 8 nitrogen and oxygen atoms in total. The molecule has 1 saturated heterocycles. The van der Waals surface area contributed by atoms with Gasteiger partial charge in [-0.05, 0) is 70.0 Å². The lowest BCUT2D eigenvalue weighted by atomic mass is 9.89. The van der Waals surface area contributed by atoms with Crippen molar-refractivity contribution in [3.63, 3.8) is 0 Å². The second-order valence-electron chi connectivity index (χ2n) is 9.77. The van der Waals surface area contributed by atoms with E-state index in [2.05, 4.69) is 43.1 Å². The topological polar surface area (TPSA) is 113 Å². The number of hydrogen-bond donors (Lipinski definition) is 5. The molecule has 0 spiro atoms. The van der Waals surface area contributed by atoms with Crippen LogP contribution in [0.4, 0.5) is 33.6 Å². The lowest BCUT2D eigenvalue weighted by Crippen LogP contribution is -2.40. The summed E-state index contributed by atoms with van der Waals surface area (Å²) in [7, 11) is 0. The molecule has 6 N–H and O–H groups in total. The van der Waals surface area contributed by atoms with Crippen molar-refractivity contribution in [2.45, 2.75) is 84.2 Å². The Morgan fingerprint density at radius 3 is 2.50 bits per heavy atom. The molecule has 186 valence electrons. The zero-order valence-electron chi connectivity index (χ0n) is 20.7. The van der Waals surface area contributed by atoms with Gasteiger partial charge in [-0.3, -0.25) is 0 Å². The molecule has 2 atom stereocenters. The zero-order valence-corrected chi connectivity index (χ0v) is 20.7. The molecule has 2 unspecified atom stereocenters. The van der Waals surface area contributed by atoms with Gasteiger partial charge in [0.1, 0.15) is 0 Å². The molecule has 1 aromatic heterocycles. The molecule has 4 rings (SSSR count). The number of halogens is 1. The summed E-state index contributed by atoms with van der Waals surface area (Å²) in [5.74, 6) is 1.66. The van der Waals surface area contributed by atoms with Crippen molar-refractivity contribution >= 4 is 29.2 Å². The van der Waals surface area contributed by atoms with Gasteiger partial charge in [0.2, 0.25) is 17.8 Å². The highest BCUT2D eigenvalue weighted by molar-refractivity contribution is 5.67. The van der Waals surface area contributed by atoms with E-state index in [1.165, 1.54) is 38.5 Å². The van der Waals surface area contributed by atoms with Gasteiger partial charge in [0.05, 0.1) is 5.69 Å². The quantitative estimate of drug-likeness (QED) is 0.329. The van der Waals surface area contributed by atoms with Crippen LogP contribution in [0, 0.1) is 25.6 Å². The SMILES string of the molecule is CCC(Nc1nc(NCC2CCCCC2)nc(Nc2cc(C)c(N)c(F)c2C)n1)C1CCCN1. The van der Waals surface area contributed by atoms with Crippen molar-refractivity contribution in [3.05, 3.63) is 23.0 Å². The van der Waals surface area contributed by atoms with E-state index in [-0.39, 0.29) is 11.7 Å². The van der Waals surface area contributed by atoms with Crippen molar-refractivity contribution in [2.75, 3.05) is 34.8 Å². The van der Waals surface area contributed by atoms with E-state index in [0.29, 0.717) is 46.6 Å². The molecule has 2 aliphatic rings. The summed E-state index contributed by atoms with van der Waals surface area (Å²) in [4.78, 5) is 13.9. The van der Waals surface area contributed by atoms with Gasteiger partial charge in [-0.15, -0.1) is 0 Å². The molecule has 2 fully saturated rings. The van der Waals surface area contributed by atoms with E-state index in [4.69, 9.17) is 5.73 Å². The molecular formula is C25H39FN8. The normalized spacial score (nSPS) is 19.7. The Morgan fingerprint density at radius 1 is 1.06 bits per heavy atom. The molecule has 1 aliphatic heterocycles. The maximum absolute atomic E-state index is 14.6. The fraction of sp³-hybridized carbons (Fsp3) is 0.640. The van der Waals surface area contributed by atoms with E-state index < -0.39 is 5.82 Å². The number of nitrogens with two attached hydrogens (primary N) is 1. The molecule has 0 amide bonds. The first-order valence-corrected chi connectivity index (χ1v) is 12.8. The summed E-state index contributed by atoms with van der Waals surface area (Å²) in [6.07, 6.45) is 9.66. The lowest BCUT2D eigenvalue weighted by Gasteiger charge is -2.24. The van der Waals surface area contributed by atoms with Crippen LogP contribution < -0.4 is 27.0 Å². The van der Waals surface area contributed by atoms with Crippen molar-refractivity contribution in [3.8, 4) is 0 Å². The van der Waals surface area contributed by atoms with E-state index >= 15 is 0 Å². The van der Waals surface area contributed by atoms with Gasteiger partial charge in [0.25, 0.3) is 0 Å². The molecule has 0 radical (unpaired) electrons. The second kappa shape index (κ2) is 11.2. The number of aromatic nitrogens is 3. The van der Waals surface area contributed by atoms with Crippen LogP contribution in [-0.4, -0.2) is 40.1 Å². The highest BCUT2D eigenvalue weighted by Crippen LogP contribution is 2.29. The van der Waals surface area contributed by atoms with Gasteiger partial charge in [-0.1, -0.05) is 26.2 Å². The smallest absolute Gasteiger partial charge is 0.233 e. The molecule has 1 aliphatic carbocycles. The molecule has 9 heteroatoms. The monoisotopic (exact) mass is 470 g/mol. The van der Waals surface area contributed by atoms with Crippen LogP contribution in [-0.2, 0) is 0 Å². The summed E-state index contributed by atoms with van der Waals surface area (Å²) in [6, 6.07) is 2.45. The van der Waals surface area contributed by atoms with Gasteiger partial charge < -0.3 is 27.0 Å². The molecule has 1 saturated carbocycles. The predicted octanol–water partition coefficient (Wildman–Crippen LogP) is 4.89. The Bertz CT molecular complexity index is 970. The third-order valence-corrected chi connectivity index (χ3v) is 7.25. The fourth-order valence-electron chi connectivity index (χ4n) is 5.06. The largest absolute Gasteiger partial charge is 0.396 e. The first kappa shape index (κ1) is 24.4. The Labute approximate surface area is 202 Å². The minimum absolute atomic E-state index is 0.172. The second-order valence-corrected chi connectivity index (χ2v) is 9.77. The molecule has 2 heterocycles. The van der Waals surface area contributed by atoms with Crippen LogP contribution in [0.25, 0.3) is 0 Å². The average Bonchev–Trinajstić information content (AvgIpc) is 3.39. The Balaban J connectivity index is 1.58. The standard InChI is InChI=1S/C25H39FN8/c1-4-18(19-11-8-12-28-19)30-24-32-23(29-14-17-9-6-5-7-10-17)33-25(34-24)31-20-13-15(2)22(27)21(26)16(20)3/h13,17-19,28H,4-12,14,27H2,1-3H3,(H3,29,30,31,32,33,34). The van der Waals surface area contributed by atoms with Gasteiger partial charge in [0, 0.05) is 29.9 Å². The van der Waals surface area contributed by atoms with Gasteiger partial charge in [-0.2, -0.15) is 15.0 Å². The van der Waals surface area contributed by atoms with Crippen LogP contribution >= 0.6 is 0 Å². The van der Waals surface area contributed by atoms with Crippen LogP contribution in [0.3, 0.4) is 0 Å².